The smallest absolute Gasteiger partial charge is 0.410 e. The van der Waals surface area contributed by atoms with Gasteiger partial charge in [0.05, 0.1) is 11.9 Å². The van der Waals surface area contributed by atoms with Crippen LogP contribution in [-0.2, 0) is 13.6 Å². The number of benzene rings is 1. The Labute approximate surface area is 133 Å². The largest absolute Gasteiger partial charge is 0.412 e. The van der Waals surface area contributed by atoms with Crippen molar-refractivity contribution in [2.24, 2.45) is 7.05 Å². The molecule has 1 aromatic carbocycles. The Bertz CT molecular complexity index is 782. The molecule has 116 valence electrons. The average Bonchev–Trinajstić information content (AvgIpc) is 3.01. The number of aryl methyl sites for hydroxylation is 1. The summed E-state index contributed by atoms with van der Waals surface area (Å²) in [7, 11) is 1.86. The molecule has 6 heteroatoms. The van der Waals surface area contributed by atoms with Crippen molar-refractivity contribution in [2.75, 3.05) is 0 Å². The molecule has 0 bridgehead atoms. The van der Waals surface area contributed by atoms with Gasteiger partial charge in [-0.15, -0.1) is 0 Å². The molecule has 0 fully saturated rings. The Kier molecular flexibility index (Phi) is 4.33. The van der Waals surface area contributed by atoms with Gasteiger partial charge in [-0.05, 0) is 23.8 Å². The van der Waals surface area contributed by atoms with Gasteiger partial charge in [0.1, 0.15) is 5.75 Å². The normalized spacial score (nSPS) is 10.3. The highest BCUT2D eigenvalue weighted by Crippen LogP contribution is 2.15. The third-order valence-electron chi connectivity index (χ3n) is 3.22. The summed E-state index contributed by atoms with van der Waals surface area (Å²) in [6.45, 7) is 0.353. The van der Waals surface area contributed by atoms with Crippen LogP contribution in [0, 0.1) is 0 Å². The number of carbonyl (C=O) groups is 1. The van der Waals surface area contributed by atoms with Gasteiger partial charge < -0.3 is 10.1 Å². The predicted molar refractivity (Wildman–Crippen MR) is 85.7 cm³/mol. The molecule has 1 N–H and O–H groups in total. The predicted octanol–water partition coefficient (Wildman–Crippen LogP) is 2.77. The van der Waals surface area contributed by atoms with E-state index in [-0.39, 0.29) is 0 Å². The maximum atomic E-state index is 11.7. The van der Waals surface area contributed by atoms with E-state index in [0.29, 0.717) is 12.3 Å². The second-order valence-corrected chi connectivity index (χ2v) is 5.01. The fraction of sp³-hybridized carbons (Fsp3) is 0.118. The zero-order chi connectivity index (χ0) is 16.1. The van der Waals surface area contributed by atoms with Gasteiger partial charge in [-0.3, -0.25) is 9.67 Å². The topological polar surface area (TPSA) is 69.0 Å². The molecule has 0 saturated heterocycles. The summed E-state index contributed by atoms with van der Waals surface area (Å²) in [5, 5.41) is 6.81. The third-order valence-corrected chi connectivity index (χ3v) is 3.22. The van der Waals surface area contributed by atoms with E-state index in [1.54, 1.807) is 29.2 Å². The summed E-state index contributed by atoms with van der Waals surface area (Å²) in [6, 6.07) is 12.7. The second kappa shape index (κ2) is 6.74. The molecule has 0 atom stereocenters. The van der Waals surface area contributed by atoms with Crippen LogP contribution in [0.3, 0.4) is 0 Å². The molecule has 3 rings (SSSR count). The molecule has 2 heterocycles. The van der Waals surface area contributed by atoms with Gasteiger partial charge >= 0.3 is 6.09 Å². The SMILES string of the molecule is Cn1cc(-c2ccc(CNC(=O)Oc3ccccc3)cn2)cn1. The Balaban J connectivity index is 1.55. The number of rotatable bonds is 4. The lowest BCUT2D eigenvalue weighted by atomic mass is 10.2. The van der Waals surface area contributed by atoms with Gasteiger partial charge in [-0.2, -0.15) is 5.10 Å². The first-order chi connectivity index (χ1) is 11.2. The van der Waals surface area contributed by atoms with Crippen molar-refractivity contribution in [3.63, 3.8) is 0 Å². The number of pyridine rings is 1. The number of para-hydroxylation sites is 1. The lowest BCUT2D eigenvalue weighted by Crippen LogP contribution is -2.26. The molecule has 0 aliphatic rings. The number of nitrogens with one attached hydrogen (secondary N) is 1. The Morgan fingerprint density at radius 1 is 1.17 bits per heavy atom. The van der Waals surface area contributed by atoms with E-state index >= 15 is 0 Å². The summed E-state index contributed by atoms with van der Waals surface area (Å²) in [5.41, 5.74) is 2.69. The zero-order valence-electron chi connectivity index (χ0n) is 12.6. The van der Waals surface area contributed by atoms with Crippen molar-refractivity contribution in [1.82, 2.24) is 20.1 Å². The zero-order valence-corrected chi connectivity index (χ0v) is 12.6. The summed E-state index contributed by atoms with van der Waals surface area (Å²) < 4.78 is 6.88. The van der Waals surface area contributed by atoms with Crippen molar-refractivity contribution in [1.29, 1.82) is 0 Å². The molecule has 0 radical (unpaired) electrons. The van der Waals surface area contributed by atoms with Crippen LogP contribution in [-0.4, -0.2) is 20.9 Å². The molecule has 23 heavy (non-hydrogen) atoms. The van der Waals surface area contributed by atoms with E-state index in [9.17, 15) is 4.79 Å². The van der Waals surface area contributed by atoms with Crippen LogP contribution < -0.4 is 10.1 Å². The van der Waals surface area contributed by atoms with Crippen molar-refractivity contribution < 1.29 is 9.53 Å². The van der Waals surface area contributed by atoms with Gasteiger partial charge in [0.15, 0.2) is 0 Å². The molecule has 0 spiro atoms. The highest BCUT2D eigenvalue weighted by Gasteiger charge is 2.05. The first kappa shape index (κ1) is 14.8. The van der Waals surface area contributed by atoms with Gasteiger partial charge in [0.25, 0.3) is 0 Å². The Hall–Kier alpha value is -3.15. The molecule has 0 saturated carbocycles. The van der Waals surface area contributed by atoms with Crippen LogP contribution in [0.5, 0.6) is 5.75 Å². The number of hydrogen-bond acceptors (Lipinski definition) is 4. The van der Waals surface area contributed by atoms with Crippen molar-refractivity contribution in [3.8, 4) is 17.0 Å². The summed E-state index contributed by atoms with van der Waals surface area (Å²) in [4.78, 5) is 16.1. The van der Waals surface area contributed by atoms with Crippen molar-refractivity contribution in [3.05, 3.63) is 66.6 Å². The maximum absolute atomic E-state index is 11.7. The first-order valence-corrected chi connectivity index (χ1v) is 7.15. The van der Waals surface area contributed by atoms with Crippen LogP contribution in [0.15, 0.2) is 61.1 Å². The molecule has 6 nitrogen and oxygen atoms in total. The number of carbonyl (C=O) groups excluding carboxylic acids is 1. The number of ether oxygens (including phenoxy) is 1. The highest BCUT2D eigenvalue weighted by molar-refractivity contribution is 5.70. The van der Waals surface area contributed by atoms with Crippen LogP contribution in [0.25, 0.3) is 11.3 Å². The minimum absolute atomic E-state index is 0.353. The van der Waals surface area contributed by atoms with Gasteiger partial charge in [0.2, 0.25) is 0 Å². The van der Waals surface area contributed by atoms with E-state index in [0.717, 1.165) is 16.8 Å². The molecule has 0 aliphatic carbocycles. The second-order valence-electron chi connectivity index (χ2n) is 5.01. The van der Waals surface area contributed by atoms with Crippen molar-refractivity contribution in [2.45, 2.75) is 6.54 Å². The third kappa shape index (κ3) is 3.94. The number of nitrogens with zero attached hydrogens (tertiary/aromatic N) is 3. The van der Waals surface area contributed by atoms with E-state index < -0.39 is 6.09 Å². The van der Waals surface area contributed by atoms with E-state index in [1.165, 1.54) is 0 Å². The fourth-order valence-electron chi connectivity index (χ4n) is 2.06. The van der Waals surface area contributed by atoms with Crippen LogP contribution in [0.2, 0.25) is 0 Å². The standard InChI is InChI=1S/C17H16N4O2/c1-21-12-14(11-20-21)16-8-7-13(9-18-16)10-19-17(22)23-15-5-3-2-4-6-15/h2-9,11-12H,10H2,1H3,(H,19,22). The monoisotopic (exact) mass is 308 g/mol. The van der Waals surface area contributed by atoms with Gasteiger partial charge in [-0.1, -0.05) is 24.3 Å². The lowest BCUT2D eigenvalue weighted by Gasteiger charge is -2.06. The molecular formula is C17H16N4O2. The first-order valence-electron chi connectivity index (χ1n) is 7.15. The quantitative estimate of drug-likeness (QED) is 0.804. The molecule has 2 aromatic heterocycles. The summed E-state index contributed by atoms with van der Waals surface area (Å²) >= 11 is 0. The minimum Gasteiger partial charge on any atom is -0.410 e. The van der Waals surface area contributed by atoms with Crippen LogP contribution in [0.1, 0.15) is 5.56 Å². The lowest BCUT2D eigenvalue weighted by molar-refractivity contribution is 0.200. The summed E-state index contributed by atoms with van der Waals surface area (Å²) in [6.07, 6.45) is 4.90. The van der Waals surface area contributed by atoms with Gasteiger partial charge in [0, 0.05) is 31.5 Å². The highest BCUT2D eigenvalue weighted by atomic mass is 16.5. The Morgan fingerprint density at radius 2 is 2.00 bits per heavy atom. The van der Waals surface area contributed by atoms with E-state index in [1.807, 2.05) is 43.6 Å². The molecular weight excluding hydrogens is 292 g/mol. The van der Waals surface area contributed by atoms with E-state index in [2.05, 4.69) is 15.4 Å². The average molecular weight is 308 g/mol. The molecule has 0 unspecified atom stereocenters. The Morgan fingerprint density at radius 3 is 2.65 bits per heavy atom. The molecule has 0 aliphatic heterocycles. The number of amides is 1. The van der Waals surface area contributed by atoms with Gasteiger partial charge in [-0.25, -0.2) is 4.79 Å². The van der Waals surface area contributed by atoms with Crippen LogP contribution >= 0.6 is 0 Å². The van der Waals surface area contributed by atoms with E-state index in [4.69, 9.17) is 4.74 Å². The number of aromatic nitrogens is 3. The minimum atomic E-state index is -0.493. The number of hydrogen-bond donors (Lipinski definition) is 1. The molecule has 3 aromatic rings. The van der Waals surface area contributed by atoms with Crippen LogP contribution in [0.4, 0.5) is 4.79 Å². The molecule has 1 amide bonds. The maximum Gasteiger partial charge on any atom is 0.412 e. The summed E-state index contributed by atoms with van der Waals surface area (Å²) in [5.74, 6) is 0.509. The fourth-order valence-corrected chi connectivity index (χ4v) is 2.06. The van der Waals surface area contributed by atoms with Crippen molar-refractivity contribution >= 4 is 6.09 Å².